The van der Waals surface area contributed by atoms with Crippen molar-refractivity contribution >= 4 is 17.5 Å². The van der Waals surface area contributed by atoms with Crippen molar-refractivity contribution in [3.05, 3.63) is 29.8 Å². The van der Waals surface area contributed by atoms with Crippen LogP contribution in [0.15, 0.2) is 24.3 Å². The third kappa shape index (κ3) is 2.70. The predicted molar refractivity (Wildman–Crippen MR) is 74.0 cm³/mol. The average molecular weight is 261 g/mol. The van der Waals surface area contributed by atoms with Gasteiger partial charge in [-0.05, 0) is 18.6 Å². The van der Waals surface area contributed by atoms with E-state index in [0.29, 0.717) is 13.1 Å². The minimum Gasteiger partial charge on any atom is -0.384 e. The van der Waals surface area contributed by atoms with Gasteiger partial charge >= 0.3 is 0 Å². The number of carbonyl (C=O) groups excluding carboxylic acids is 2. The molecular formula is C14H19N3O2. The lowest BCUT2D eigenvalue weighted by Crippen LogP contribution is -2.42. The highest BCUT2D eigenvalue weighted by Gasteiger charge is 2.31. The van der Waals surface area contributed by atoms with E-state index in [1.165, 1.54) is 0 Å². The Balaban J connectivity index is 2.13. The van der Waals surface area contributed by atoms with Gasteiger partial charge in [-0.1, -0.05) is 18.2 Å². The van der Waals surface area contributed by atoms with E-state index in [4.69, 9.17) is 0 Å². The van der Waals surface area contributed by atoms with Crippen molar-refractivity contribution in [2.45, 2.75) is 12.8 Å². The predicted octanol–water partition coefficient (Wildman–Crippen LogP) is 0.790. The molecule has 0 radical (unpaired) electrons. The SMILES string of the molecule is CCN(CC(=O)NC)C(=O)C1CNc2ccccc21. The molecule has 0 aromatic heterocycles. The van der Waals surface area contributed by atoms with Crippen molar-refractivity contribution in [1.29, 1.82) is 0 Å². The molecule has 19 heavy (non-hydrogen) atoms. The molecule has 5 heteroatoms. The van der Waals surface area contributed by atoms with Gasteiger partial charge in [0.05, 0.1) is 12.5 Å². The Morgan fingerprint density at radius 2 is 2.16 bits per heavy atom. The lowest BCUT2D eigenvalue weighted by molar-refractivity contribution is -0.136. The molecule has 0 bridgehead atoms. The molecule has 0 fully saturated rings. The molecule has 1 aromatic carbocycles. The van der Waals surface area contributed by atoms with E-state index in [0.717, 1.165) is 11.3 Å². The first-order valence-corrected chi connectivity index (χ1v) is 6.49. The summed E-state index contributed by atoms with van der Waals surface area (Å²) < 4.78 is 0. The summed E-state index contributed by atoms with van der Waals surface area (Å²) in [5, 5.41) is 5.78. The molecule has 2 rings (SSSR count). The second-order valence-corrected chi connectivity index (χ2v) is 4.55. The maximum atomic E-state index is 12.5. The van der Waals surface area contributed by atoms with Gasteiger partial charge in [-0.2, -0.15) is 0 Å². The van der Waals surface area contributed by atoms with E-state index in [1.54, 1.807) is 11.9 Å². The van der Waals surface area contributed by atoms with Crippen LogP contribution in [0, 0.1) is 0 Å². The molecule has 0 saturated heterocycles. The summed E-state index contributed by atoms with van der Waals surface area (Å²) in [4.78, 5) is 25.5. The number of anilines is 1. The van der Waals surface area contributed by atoms with E-state index < -0.39 is 0 Å². The number of nitrogens with zero attached hydrogens (tertiary/aromatic N) is 1. The zero-order valence-electron chi connectivity index (χ0n) is 11.3. The number of fused-ring (bicyclic) bond motifs is 1. The van der Waals surface area contributed by atoms with Gasteiger partial charge in [0.1, 0.15) is 0 Å². The normalized spacial score (nSPS) is 16.4. The second-order valence-electron chi connectivity index (χ2n) is 4.55. The summed E-state index contributed by atoms with van der Waals surface area (Å²) in [5.41, 5.74) is 2.03. The van der Waals surface area contributed by atoms with Crippen molar-refractivity contribution < 1.29 is 9.59 Å². The van der Waals surface area contributed by atoms with E-state index in [9.17, 15) is 9.59 Å². The van der Waals surface area contributed by atoms with Crippen LogP contribution >= 0.6 is 0 Å². The highest BCUT2D eigenvalue weighted by molar-refractivity contribution is 5.91. The first-order chi connectivity index (χ1) is 9.17. The first kappa shape index (κ1) is 13.4. The summed E-state index contributed by atoms with van der Waals surface area (Å²) in [6.45, 7) is 3.13. The first-order valence-electron chi connectivity index (χ1n) is 6.49. The lowest BCUT2D eigenvalue weighted by atomic mass is 10.00. The number of para-hydroxylation sites is 1. The van der Waals surface area contributed by atoms with Gasteiger partial charge in [0.2, 0.25) is 11.8 Å². The fraction of sp³-hybridized carbons (Fsp3) is 0.429. The van der Waals surface area contributed by atoms with Crippen LogP contribution in [0.4, 0.5) is 5.69 Å². The summed E-state index contributed by atoms with van der Waals surface area (Å²) in [5.74, 6) is -0.334. The van der Waals surface area contributed by atoms with Gasteiger partial charge in [0.15, 0.2) is 0 Å². The molecule has 1 atom stereocenters. The Kier molecular flexibility index (Phi) is 4.04. The zero-order chi connectivity index (χ0) is 13.8. The van der Waals surface area contributed by atoms with Crippen LogP contribution in [0.1, 0.15) is 18.4 Å². The number of amides is 2. The number of nitrogens with one attached hydrogen (secondary N) is 2. The number of hydrogen-bond donors (Lipinski definition) is 2. The number of likely N-dealkylation sites (N-methyl/N-ethyl adjacent to an activating group) is 2. The molecule has 1 unspecified atom stereocenters. The molecule has 5 nitrogen and oxygen atoms in total. The van der Waals surface area contributed by atoms with Crippen molar-refractivity contribution in [1.82, 2.24) is 10.2 Å². The van der Waals surface area contributed by atoms with Crippen molar-refractivity contribution in [3.8, 4) is 0 Å². The van der Waals surface area contributed by atoms with Crippen molar-refractivity contribution in [2.75, 3.05) is 32.0 Å². The van der Waals surface area contributed by atoms with E-state index >= 15 is 0 Å². The Labute approximate surface area is 113 Å². The van der Waals surface area contributed by atoms with Crippen LogP contribution in [0.2, 0.25) is 0 Å². The molecule has 0 spiro atoms. The molecular weight excluding hydrogens is 242 g/mol. The highest BCUT2D eigenvalue weighted by Crippen LogP contribution is 2.32. The molecule has 1 heterocycles. The van der Waals surface area contributed by atoms with Gasteiger partial charge in [-0.25, -0.2) is 0 Å². The number of hydrogen-bond acceptors (Lipinski definition) is 3. The fourth-order valence-corrected chi connectivity index (χ4v) is 2.32. The molecule has 2 amide bonds. The Morgan fingerprint density at radius 3 is 2.84 bits per heavy atom. The largest absolute Gasteiger partial charge is 0.384 e. The number of benzene rings is 1. The van der Waals surface area contributed by atoms with Gasteiger partial charge < -0.3 is 15.5 Å². The molecule has 1 aromatic rings. The molecule has 102 valence electrons. The van der Waals surface area contributed by atoms with Gasteiger partial charge in [0, 0.05) is 25.8 Å². The summed E-state index contributed by atoms with van der Waals surface area (Å²) in [6, 6.07) is 7.81. The van der Waals surface area contributed by atoms with Crippen molar-refractivity contribution in [3.63, 3.8) is 0 Å². The topological polar surface area (TPSA) is 61.4 Å². The highest BCUT2D eigenvalue weighted by atomic mass is 16.2. The Morgan fingerprint density at radius 1 is 1.42 bits per heavy atom. The maximum absolute atomic E-state index is 12.5. The van der Waals surface area contributed by atoms with Crippen LogP contribution in [-0.2, 0) is 9.59 Å². The molecule has 1 aliphatic heterocycles. The summed E-state index contributed by atoms with van der Waals surface area (Å²) in [7, 11) is 1.58. The minimum absolute atomic E-state index is 0.00329. The molecule has 0 aliphatic carbocycles. The van der Waals surface area contributed by atoms with Gasteiger partial charge in [0.25, 0.3) is 0 Å². The average Bonchev–Trinajstić information content (AvgIpc) is 2.87. The quantitative estimate of drug-likeness (QED) is 0.842. The van der Waals surface area contributed by atoms with E-state index in [1.807, 2.05) is 31.2 Å². The Bertz CT molecular complexity index is 487. The Hall–Kier alpha value is -2.04. The van der Waals surface area contributed by atoms with E-state index in [2.05, 4.69) is 10.6 Å². The molecule has 2 N–H and O–H groups in total. The van der Waals surface area contributed by atoms with Crippen molar-refractivity contribution in [2.24, 2.45) is 0 Å². The van der Waals surface area contributed by atoms with Gasteiger partial charge in [-0.3, -0.25) is 9.59 Å². The maximum Gasteiger partial charge on any atom is 0.239 e. The third-order valence-electron chi connectivity index (χ3n) is 3.44. The fourth-order valence-electron chi connectivity index (χ4n) is 2.32. The van der Waals surface area contributed by atoms with Crippen LogP contribution in [-0.4, -0.2) is 43.4 Å². The minimum atomic E-state index is -0.194. The van der Waals surface area contributed by atoms with Gasteiger partial charge in [-0.15, -0.1) is 0 Å². The monoisotopic (exact) mass is 261 g/mol. The van der Waals surface area contributed by atoms with Crippen LogP contribution in [0.5, 0.6) is 0 Å². The standard InChI is InChI=1S/C14H19N3O2/c1-3-17(9-13(18)15-2)14(19)11-8-16-12-7-5-4-6-10(11)12/h4-7,11,16H,3,8-9H2,1-2H3,(H,15,18). The van der Waals surface area contributed by atoms with Crippen LogP contribution < -0.4 is 10.6 Å². The summed E-state index contributed by atoms with van der Waals surface area (Å²) in [6.07, 6.45) is 0. The summed E-state index contributed by atoms with van der Waals surface area (Å²) >= 11 is 0. The zero-order valence-corrected chi connectivity index (χ0v) is 11.3. The van der Waals surface area contributed by atoms with Crippen LogP contribution in [0.25, 0.3) is 0 Å². The molecule has 1 aliphatic rings. The second kappa shape index (κ2) is 5.73. The number of rotatable bonds is 4. The number of carbonyl (C=O) groups is 2. The lowest BCUT2D eigenvalue weighted by Gasteiger charge is -2.23. The smallest absolute Gasteiger partial charge is 0.239 e. The van der Waals surface area contributed by atoms with Crippen LogP contribution in [0.3, 0.4) is 0 Å². The third-order valence-corrected chi connectivity index (χ3v) is 3.44. The van der Waals surface area contributed by atoms with E-state index in [-0.39, 0.29) is 24.3 Å². The molecule has 0 saturated carbocycles.